The third kappa shape index (κ3) is 2.81. The van der Waals surface area contributed by atoms with Gasteiger partial charge in [-0.15, -0.1) is 0 Å². The van der Waals surface area contributed by atoms with E-state index in [0.717, 1.165) is 0 Å². The fourth-order valence-corrected chi connectivity index (χ4v) is 2.56. The molecule has 22 heavy (non-hydrogen) atoms. The zero-order chi connectivity index (χ0) is 16.4. The lowest BCUT2D eigenvalue weighted by Gasteiger charge is -2.31. The van der Waals surface area contributed by atoms with Crippen LogP contribution in [0, 0.1) is 0 Å². The van der Waals surface area contributed by atoms with Gasteiger partial charge in [0.25, 0.3) is 5.91 Å². The fraction of sp³-hybridized carbons (Fsp3) is 0.500. The number of amides is 3. The van der Waals surface area contributed by atoms with Crippen LogP contribution in [0.2, 0.25) is 0 Å². The van der Waals surface area contributed by atoms with Crippen molar-refractivity contribution in [1.82, 2.24) is 10.2 Å². The van der Waals surface area contributed by atoms with Crippen LogP contribution in [-0.2, 0) is 19.1 Å². The minimum absolute atomic E-state index is 0.0197. The summed E-state index contributed by atoms with van der Waals surface area (Å²) in [5, 5.41) is 2.19. The van der Waals surface area contributed by atoms with E-state index in [0.29, 0.717) is 0 Å². The second-order valence-electron chi connectivity index (χ2n) is 5.19. The highest BCUT2D eigenvalue weighted by Crippen LogP contribution is 2.27. The monoisotopic (exact) mass is 311 g/mol. The summed E-state index contributed by atoms with van der Waals surface area (Å²) in [6.45, 7) is 0. The smallest absolute Gasteiger partial charge is 0.256 e. The van der Waals surface area contributed by atoms with E-state index in [9.17, 15) is 18.8 Å². The van der Waals surface area contributed by atoms with Crippen LogP contribution in [0.25, 0.3) is 0 Å². The SMILES string of the molecule is COC1=C(N)C(C(=O)N(C)C2CCC(=O)NC2=O)=CCC1F. The first-order valence-electron chi connectivity index (χ1n) is 6.85. The summed E-state index contributed by atoms with van der Waals surface area (Å²) in [7, 11) is 2.73. The minimum Gasteiger partial charge on any atom is -0.496 e. The van der Waals surface area contributed by atoms with Gasteiger partial charge in [0.1, 0.15) is 6.04 Å². The van der Waals surface area contributed by atoms with Crippen molar-refractivity contribution < 1.29 is 23.5 Å². The van der Waals surface area contributed by atoms with Gasteiger partial charge in [-0.05, 0) is 6.42 Å². The van der Waals surface area contributed by atoms with Crippen LogP contribution in [0.15, 0.2) is 23.1 Å². The van der Waals surface area contributed by atoms with Crippen molar-refractivity contribution in [3.8, 4) is 0 Å². The molecule has 2 aliphatic rings. The molecule has 2 rings (SSSR count). The van der Waals surface area contributed by atoms with Gasteiger partial charge >= 0.3 is 0 Å². The standard InChI is InChI=1S/C14H18FN3O4/c1-18(9-5-6-10(19)17-13(9)20)14(21)7-3-4-8(15)12(22-2)11(7)16/h3,8-9H,4-6,16H2,1-2H3,(H,17,19,20). The van der Waals surface area contributed by atoms with Crippen LogP contribution in [0.4, 0.5) is 4.39 Å². The molecule has 1 aliphatic carbocycles. The molecule has 3 N–H and O–H groups in total. The summed E-state index contributed by atoms with van der Waals surface area (Å²) in [4.78, 5) is 36.7. The number of carbonyl (C=O) groups excluding carboxylic acids is 3. The van der Waals surface area contributed by atoms with Gasteiger partial charge in [-0.25, -0.2) is 4.39 Å². The molecule has 1 heterocycles. The number of halogens is 1. The van der Waals surface area contributed by atoms with Crippen molar-refractivity contribution in [1.29, 1.82) is 0 Å². The number of likely N-dealkylation sites (N-methyl/N-ethyl adjacent to an activating group) is 1. The number of allylic oxidation sites excluding steroid dienone is 2. The Morgan fingerprint density at radius 2 is 2.18 bits per heavy atom. The fourth-order valence-electron chi connectivity index (χ4n) is 2.56. The quantitative estimate of drug-likeness (QED) is 0.699. The number of piperidine rings is 1. The Kier molecular flexibility index (Phi) is 4.48. The van der Waals surface area contributed by atoms with Gasteiger partial charge < -0.3 is 15.4 Å². The number of hydrogen-bond acceptors (Lipinski definition) is 5. The molecule has 0 aromatic rings. The van der Waals surface area contributed by atoms with E-state index in [1.54, 1.807) is 0 Å². The Bertz CT molecular complexity index is 585. The van der Waals surface area contributed by atoms with Gasteiger partial charge in [0, 0.05) is 19.9 Å². The molecule has 3 amide bonds. The molecule has 2 atom stereocenters. The van der Waals surface area contributed by atoms with E-state index in [1.165, 1.54) is 25.1 Å². The molecule has 1 saturated heterocycles. The van der Waals surface area contributed by atoms with Crippen LogP contribution in [0.1, 0.15) is 19.3 Å². The average molecular weight is 311 g/mol. The molecule has 1 aliphatic heterocycles. The summed E-state index contributed by atoms with van der Waals surface area (Å²) in [5.41, 5.74) is 5.84. The number of ether oxygens (including phenoxy) is 1. The predicted molar refractivity (Wildman–Crippen MR) is 74.8 cm³/mol. The molecular weight excluding hydrogens is 293 g/mol. The molecule has 2 unspecified atom stereocenters. The van der Waals surface area contributed by atoms with Gasteiger partial charge in [-0.3, -0.25) is 19.7 Å². The normalized spacial score (nSPS) is 25.5. The lowest BCUT2D eigenvalue weighted by molar-refractivity contribution is -0.142. The van der Waals surface area contributed by atoms with E-state index in [2.05, 4.69) is 5.32 Å². The maximum absolute atomic E-state index is 13.7. The second-order valence-corrected chi connectivity index (χ2v) is 5.19. The molecular formula is C14H18FN3O4. The van der Waals surface area contributed by atoms with Crippen LogP contribution in [-0.4, -0.2) is 49.0 Å². The van der Waals surface area contributed by atoms with Crippen molar-refractivity contribution in [3.63, 3.8) is 0 Å². The molecule has 8 heteroatoms. The Morgan fingerprint density at radius 3 is 2.77 bits per heavy atom. The number of nitrogens with one attached hydrogen (secondary N) is 1. The molecule has 0 bridgehead atoms. The van der Waals surface area contributed by atoms with Gasteiger partial charge in [-0.1, -0.05) is 6.08 Å². The zero-order valence-electron chi connectivity index (χ0n) is 12.4. The number of nitrogens with two attached hydrogens (primary N) is 1. The number of hydrogen-bond donors (Lipinski definition) is 2. The summed E-state index contributed by atoms with van der Waals surface area (Å²) in [5.74, 6) is -1.47. The van der Waals surface area contributed by atoms with Gasteiger partial charge in [-0.2, -0.15) is 0 Å². The maximum atomic E-state index is 13.7. The zero-order valence-corrected chi connectivity index (χ0v) is 12.4. The van der Waals surface area contributed by atoms with E-state index >= 15 is 0 Å². The minimum atomic E-state index is -1.39. The maximum Gasteiger partial charge on any atom is 0.256 e. The largest absolute Gasteiger partial charge is 0.496 e. The van der Waals surface area contributed by atoms with Crippen LogP contribution >= 0.6 is 0 Å². The first-order valence-corrected chi connectivity index (χ1v) is 6.85. The van der Waals surface area contributed by atoms with E-state index in [4.69, 9.17) is 10.5 Å². The van der Waals surface area contributed by atoms with Crippen molar-refractivity contribution >= 4 is 17.7 Å². The number of methoxy groups -OCH3 is 1. The Hall–Kier alpha value is -2.38. The van der Waals surface area contributed by atoms with Crippen molar-refractivity contribution in [2.75, 3.05) is 14.2 Å². The number of alkyl halides is 1. The van der Waals surface area contributed by atoms with Crippen molar-refractivity contribution in [2.24, 2.45) is 5.73 Å². The van der Waals surface area contributed by atoms with E-state index in [1.807, 2.05) is 0 Å². The Labute approximate surface area is 127 Å². The highest BCUT2D eigenvalue weighted by Gasteiger charge is 2.35. The highest BCUT2D eigenvalue weighted by molar-refractivity contribution is 6.04. The Balaban J connectivity index is 2.19. The summed E-state index contributed by atoms with van der Waals surface area (Å²) in [6, 6.07) is -0.756. The molecule has 0 aromatic carbocycles. The molecule has 0 saturated carbocycles. The van der Waals surface area contributed by atoms with Crippen LogP contribution in [0.3, 0.4) is 0 Å². The number of nitrogens with zero attached hydrogens (tertiary/aromatic N) is 1. The van der Waals surface area contributed by atoms with Crippen molar-refractivity contribution in [2.45, 2.75) is 31.5 Å². The average Bonchev–Trinajstić information content (AvgIpc) is 2.46. The van der Waals surface area contributed by atoms with E-state index in [-0.39, 0.29) is 42.2 Å². The van der Waals surface area contributed by atoms with Crippen LogP contribution < -0.4 is 11.1 Å². The lowest BCUT2D eigenvalue weighted by atomic mass is 9.98. The lowest BCUT2D eigenvalue weighted by Crippen LogP contribution is -2.53. The Morgan fingerprint density at radius 1 is 1.50 bits per heavy atom. The molecule has 7 nitrogen and oxygen atoms in total. The molecule has 0 spiro atoms. The van der Waals surface area contributed by atoms with Crippen molar-refractivity contribution in [3.05, 3.63) is 23.1 Å². The number of rotatable bonds is 3. The van der Waals surface area contributed by atoms with E-state index < -0.39 is 24.0 Å². The predicted octanol–water partition coefficient (Wildman–Crippen LogP) is -0.265. The molecule has 120 valence electrons. The third-order valence-corrected chi connectivity index (χ3v) is 3.82. The topological polar surface area (TPSA) is 102 Å². The number of imide groups is 1. The van der Waals surface area contributed by atoms with Gasteiger partial charge in [0.05, 0.1) is 18.4 Å². The van der Waals surface area contributed by atoms with Gasteiger partial charge in [0.2, 0.25) is 11.8 Å². The summed E-state index contributed by atoms with van der Waals surface area (Å²) < 4.78 is 18.6. The number of carbonyl (C=O) groups is 3. The van der Waals surface area contributed by atoms with Gasteiger partial charge in [0.15, 0.2) is 11.9 Å². The molecule has 0 radical (unpaired) electrons. The molecule has 0 aromatic heterocycles. The summed E-state index contributed by atoms with van der Waals surface area (Å²) in [6.07, 6.45) is 0.393. The second kappa shape index (κ2) is 6.17. The first kappa shape index (κ1) is 16.0. The first-order chi connectivity index (χ1) is 10.4. The highest BCUT2D eigenvalue weighted by atomic mass is 19.1. The third-order valence-electron chi connectivity index (χ3n) is 3.82. The van der Waals surface area contributed by atoms with Crippen LogP contribution in [0.5, 0.6) is 0 Å². The molecule has 1 fully saturated rings. The summed E-state index contributed by atoms with van der Waals surface area (Å²) >= 11 is 0.